The Labute approximate surface area is 128 Å². The number of carbonyl (C=O) groups excluding carboxylic acids is 1. The zero-order chi connectivity index (χ0) is 16.0. The Morgan fingerprint density at radius 1 is 1.19 bits per heavy atom. The maximum atomic E-state index is 12.3. The number of amides is 2. The number of rotatable bonds is 2. The first-order chi connectivity index (χ1) is 9.51. The summed E-state index contributed by atoms with van der Waals surface area (Å²) in [4.78, 5) is 17.9. The van der Waals surface area contributed by atoms with Gasteiger partial charge in [0.15, 0.2) is 0 Å². The Hall–Kier alpha value is -1.31. The van der Waals surface area contributed by atoms with Crippen LogP contribution in [-0.2, 0) is 14.1 Å². The van der Waals surface area contributed by atoms with Crippen molar-refractivity contribution in [2.45, 2.75) is 39.5 Å². The van der Waals surface area contributed by atoms with Crippen molar-refractivity contribution in [2.75, 3.05) is 0 Å². The summed E-state index contributed by atoms with van der Waals surface area (Å²) < 4.78 is 24.0. The molecule has 0 radical (unpaired) electrons. The van der Waals surface area contributed by atoms with Crippen LogP contribution in [0.15, 0.2) is 24.3 Å². The first-order valence-electron chi connectivity index (χ1n) is 6.33. The lowest BCUT2D eigenvalue weighted by Gasteiger charge is -2.28. The van der Waals surface area contributed by atoms with Crippen molar-refractivity contribution < 1.29 is 18.0 Å². The van der Waals surface area contributed by atoms with Gasteiger partial charge in [-0.3, -0.25) is 0 Å². The minimum Gasteiger partial charge on any atom is -0.245 e. The molecule has 116 valence electrons. The monoisotopic (exact) mass is 332 g/mol. The minimum absolute atomic E-state index is 0.532. The molecule has 0 aliphatic carbocycles. The van der Waals surface area contributed by atoms with Crippen LogP contribution >= 0.6 is 10.7 Å². The third kappa shape index (κ3) is 3.14. The molecule has 1 saturated heterocycles. The van der Waals surface area contributed by atoms with Crippen molar-refractivity contribution in [1.82, 2.24) is 9.37 Å². The summed E-state index contributed by atoms with van der Waals surface area (Å²) >= 11 is 0. The van der Waals surface area contributed by atoms with Gasteiger partial charge in [-0.25, -0.2) is 9.63 Å². The predicted octanol–water partition coefficient (Wildman–Crippen LogP) is 2.94. The number of benzene rings is 1. The normalized spacial score (nSPS) is 20.2. The van der Waals surface area contributed by atoms with E-state index < -0.39 is 27.0 Å². The van der Waals surface area contributed by atoms with Crippen molar-refractivity contribution in [2.24, 2.45) is 0 Å². The fourth-order valence-corrected chi connectivity index (χ4v) is 3.00. The van der Waals surface area contributed by atoms with Crippen LogP contribution in [0.25, 0.3) is 0 Å². The lowest BCUT2D eigenvalue weighted by Crippen LogP contribution is -2.44. The average molecular weight is 333 g/mol. The molecule has 2 rings (SSSR count). The number of carbonyl (C=O) groups is 1. The number of urea groups is 1. The van der Waals surface area contributed by atoms with E-state index in [1.54, 1.807) is 32.9 Å². The maximum Gasteiger partial charge on any atom is 0.361 e. The highest BCUT2D eigenvalue weighted by molar-refractivity contribution is 8.12. The molecular weight excluding hydrogens is 316 g/mol. The fraction of sp³-hybridized carbons (Fsp3) is 0.462. The Morgan fingerprint density at radius 3 is 2.14 bits per heavy atom. The van der Waals surface area contributed by atoms with Crippen molar-refractivity contribution >= 4 is 26.0 Å². The molecule has 1 aliphatic rings. The molecule has 8 heteroatoms. The van der Waals surface area contributed by atoms with Gasteiger partial charge >= 0.3 is 15.3 Å². The van der Waals surface area contributed by atoms with Gasteiger partial charge in [-0.1, -0.05) is 29.8 Å². The zero-order valence-electron chi connectivity index (χ0n) is 12.2. The van der Waals surface area contributed by atoms with E-state index in [1.165, 1.54) is 0 Å². The lowest BCUT2D eigenvalue weighted by molar-refractivity contribution is -0.177. The SMILES string of the molecule is Cc1ccc(C2ON(C(C)(C)C)C(=O)N2S(=O)(=O)Cl)cc1. The molecule has 0 spiro atoms. The number of hydrogen-bond acceptors (Lipinski definition) is 4. The van der Waals surface area contributed by atoms with Crippen molar-refractivity contribution in [3.05, 3.63) is 35.4 Å². The van der Waals surface area contributed by atoms with Gasteiger partial charge in [0.2, 0.25) is 6.23 Å². The van der Waals surface area contributed by atoms with Crippen LogP contribution < -0.4 is 0 Å². The molecule has 1 unspecified atom stereocenters. The highest BCUT2D eigenvalue weighted by Gasteiger charge is 2.49. The topological polar surface area (TPSA) is 66.9 Å². The third-order valence-corrected chi connectivity index (χ3v) is 4.25. The second-order valence-corrected chi connectivity index (χ2v) is 8.24. The van der Waals surface area contributed by atoms with Gasteiger partial charge in [-0.15, -0.1) is 0 Å². The highest BCUT2D eigenvalue weighted by atomic mass is 35.7. The van der Waals surface area contributed by atoms with E-state index in [0.29, 0.717) is 9.87 Å². The number of hydrogen-bond donors (Lipinski definition) is 0. The van der Waals surface area contributed by atoms with Gasteiger partial charge in [0.25, 0.3) is 0 Å². The summed E-state index contributed by atoms with van der Waals surface area (Å²) in [6.07, 6.45) is -1.10. The summed E-state index contributed by atoms with van der Waals surface area (Å²) in [5, 5.41) is 1.03. The van der Waals surface area contributed by atoms with E-state index >= 15 is 0 Å². The molecule has 0 saturated carbocycles. The van der Waals surface area contributed by atoms with Crippen LogP contribution in [0.3, 0.4) is 0 Å². The van der Waals surface area contributed by atoms with Crippen LogP contribution in [0.4, 0.5) is 4.79 Å². The van der Waals surface area contributed by atoms with Crippen molar-refractivity contribution in [1.29, 1.82) is 0 Å². The van der Waals surface area contributed by atoms with Crippen LogP contribution in [-0.4, -0.2) is 29.4 Å². The first-order valence-corrected chi connectivity index (χ1v) is 8.60. The Balaban J connectivity index is 2.48. The molecule has 0 aromatic heterocycles. The first kappa shape index (κ1) is 16.1. The molecule has 0 bridgehead atoms. The molecule has 2 amide bonds. The molecule has 1 atom stereocenters. The fourth-order valence-electron chi connectivity index (χ4n) is 1.96. The van der Waals surface area contributed by atoms with Gasteiger partial charge in [0, 0.05) is 16.2 Å². The number of aryl methyl sites for hydroxylation is 1. The van der Waals surface area contributed by atoms with Crippen molar-refractivity contribution in [3.63, 3.8) is 0 Å². The van der Waals surface area contributed by atoms with Crippen LogP contribution in [0.5, 0.6) is 0 Å². The summed E-state index contributed by atoms with van der Waals surface area (Å²) in [5.41, 5.74) is 0.844. The molecular formula is C13H17ClN2O4S. The molecule has 1 fully saturated rings. The summed E-state index contributed by atoms with van der Waals surface area (Å²) in [6, 6.07) is 6.22. The number of nitrogens with zero attached hydrogens (tertiary/aromatic N) is 2. The maximum absolute atomic E-state index is 12.3. The summed E-state index contributed by atoms with van der Waals surface area (Å²) in [7, 11) is 1.13. The van der Waals surface area contributed by atoms with E-state index in [1.807, 2.05) is 19.1 Å². The molecule has 21 heavy (non-hydrogen) atoms. The second-order valence-electron chi connectivity index (χ2n) is 5.85. The quantitative estimate of drug-likeness (QED) is 0.781. The van der Waals surface area contributed by atoms with Gasteiger partial charge in [-0.2, -0.15) is 17.8 Å². The van der Waals surface area contributed by atoms with E-state index in [2.05, 4.69) is 0 Å². The van der Waals surface area contributed by atoms with Crippen LogP contribution in [0.1, 0.15) is 38.1 Å². The van der Waals surface area contributed by atoms with Crippen LogP contribution in [0.2, 0.25) is 0 Å². The average Bonchev–Trinajstić information content (AvgIpc) is 2.67. The van der Waals surface area contributed by atoms with Gasteiger partial charge in [0.1, 0.15) is 0 Å². The minimum atomic E-state index is -4.26. The molecule has 1 aliphatic heterocycles. The van der Waals surface area contributed by atoms with E-state index in [-0.39, 0.29) is 0 Å². The van der Waals surface area contributed by atoms with Crippen molar-refractivity contribution in [3.8, 4) is 0 Å². The van der Waals surface area contributed by atoms with E-state index in [0.717, 1.165) is 10.6 Å². The predicted molar refractivity (Wildman–Crippen MR) is 78.6 cm³/mol. The largest absolute Gasteiger partial charge is 0.361 e. The smallest absolute Gasteiger partial charge is 0.245 e. The standard InChI is InChI=1S/C13H17ClN2O4S/c1-9-5-7-10(8-6-9)11-15(21(14,18)19)12(17)16(20-11)13(2,3)4/h5-8,11H,1-4H3. The third-order valence-electron chi connectivity index (χ3n) is 2.99. The van der Waals surface area contributed by atoms with Gasteiger partial charge < -0.3 is 0 Å². The van der Waals surface area contributed by atoms with Crippen LogP contribution in [0, 0.1) is 6.92 Å². The Kier molecular flexibility index (Phi) is 3.94. The molecule has 6 nitrogen and oxygen atoms in total. The number of halogens is 1. The summed E-state index contributed by atoms with van der Waals surface area (Å²) in [6.45, 7) is 7.12. The molecule has 0 N–H and O–H groups in total. The molecule has 1 aromatic carbocycles. The zero-order valence-corrected chi connectivity index (χ0v) is 13.8. The van der Waals surface area contributed by atoms with E-state index in [9.17, 15) is 13.2 Å². The Bertz CT molecular complexity index is 652. The van der Waals surface area contributed by atoms with Gasteiger partial charge in [0.05, 0.1) is 5.54 Å². The molecule has 1 heterocycles. The lowest BCUT2D eigenvalue weighted by atomic mass is 10.1. The second kappa shape index (κ2) is 5.15. The van der Waals surface area contributed by atoms with Gasteiger partial charge in [-0.05, 0) is 27.7 Å². The molecule has 1 aromatic rings. The highest BCUT2D eigenvalue weighted by Crippen LogP contribution is 2.38. The Morgan fingerprint density at radius 2 is 1.71 bits per heavy atom. The van der Waals surface area contributed by atoms with E-state index in [4.69, 9.17) is 15.5 Å². The number of hydroxylamine groups is 2. The summed E-state index contributed by atoms with van der Waals surface area (Å²) in [5.74, 6) is 0.